The first kappa shape index (κ1) is 20.8. The molecule has 0 spiro atoms. The number of nitriles is 1. The number of aliphatic carboxylic acids is 1. The number of anilines is 1. The smallest absolute Gasteiger partial charge is 0.416 e. The number of alkyl halides is 3. The molecule has 27 heavy (non-hydrogen) atoms. The summed E-state index contributed by atoms with van der Waals surface area (Å²) in [6, 6.07) is 3.16. The number of aromatic nitrogens is 2. The van der Waals surface area contributed by atoms with Gasteiger partial charge in [0.05, 0.1) is 21.8 Å². The van der Waals surface area contributed by atoms with Gasteiger partial charge in [0.25, 0.3) is 0 Å². The first-order chi connectivity index (χ1) is 12.5. The lowest BCUT2D eigenvalue weighted by molar-refractivity contribution is -0.149. The monoisotopic (exact) mass is 422 g/mol. The van der Waals surface area contributed by atoms with Gasteiger partial charge in [-0.05, 0) is 19.1 Å². The minimum Gasteiger partial charge on any atom is -0.479 e. The van der Waals surface area contributed by atoms with Crippen LogP contribution in [0.4, 0.5) is 19.0 Å². The van der Waals surface area contributed by atoms with E-state index in [0.29, 0.717) is 12.1 Å². The van der Waals surface area contributed by atoms with E-state index >= 15 is 0 Å². The zero-order chi connectivity index (χ0) is 20.5. The van der Waals surface area contributed by atoms with Crippen molar-refractivity contribution in [3.63, 3.8) is 0 Å². The minimum atomic E-state index is -4.66. The van der Waals surface area contributed by atoms with Gasteiger partial charge >= 0.3 is 12.1 Å². The highest BCUT2D eigenvalue weighted by molar-refractivity contribution is 6.38. The van der Waals surface area contributed by atoms with Crippen molar-refractivity contribution in [1.82, 2.24) is 9.78 Å². The summed E-state index contributed by atoms with van der Waals surface area (Å²) in [7, 11) is 1.31. The van der Waals surface area contributed by atoms with Crippen molar-refractivity contribution in [1.29, 1.82) is 5.26 Å². The predicted molar refractivity (Wildman–Crippen MR) is 89.9 cm³/mol. The first-order valence-corrected chi connectivity index (χ1v) is 7.91. The molecule has 2 aromatic rings. The Morgan fingerprint density at radius 1 is 1.41 bits per heavy atom. The lowest BCUT2D eigenvalue weighted by atomic mass is 10.2. The van der Waals surface area contributed by atoms with E-state index in [1.807, 2.05) is 6.07 Å². The molecule has 1 aromatic heterocycles. The van der Waals surface area contributed by atoms with Crippen LogP contribution in [0, 0.1) is 11.3 Å². The van der Waals surface area contributed by atoms with Gasteiger partial charge in [0.15, 0.2) is 11.9 Å². The number of hydrogen-bond acceptors (Lipinski definition) is 5. The van der Waals surface area contributed by atoms with Crippen LogP contribution in [0.1, 0.15) is 18.1 Å². The van der Waals surface area contributed by atoms with E-state index in [0.717, 1.165) is 15.9 Å². The van der Waals surface area contributed by atoms with E-state index in [1.54, 1.807) is 0 Å². The summed E-state index contributed by atoms with van der Waals surface area (Å²) in [6.45, 7) is 1.25. The maximum atomic E-state index is 12.9. The Balaban J connectivity index is 2.60. The fourth-order valence-electron chi connectivity index (χ4n) is 2.15. The molecule has 0 bridgehead atoms. The highest BCUT2D eigenvalue weighted by Gasteiger charge is 2.33. The third-order valence-electron chi connectivity index (χ3n) is 3.38. The molecule has 1 heterocycles. The molecule has 0 saturated carbocycles. The van der Waals surface area contributed by atoms with Crippen LogP contribution in [0.25, 0.3) is 5.69 Å². The van der Waals surface area contributed by atoms with Crippen molar-refractivity contribution in [3.05, 3.63) is 39.5 Å². The van der Waals surface area contributed by atoms with Crippen LogP contribution < -0.4 is 5.06 Å². The van der Waals surface area contributed by atoms with Gasteiger partial charge in [0, 0.05) is 7.05 Å². The van der Waals surface area contributed by atoms with Crippen molar-refractivity contribution >= 4 is 35.0 Å². The molecule has 0 fully saturated rings. The zero-order valence-corrected chi connectivity index (χ0v) is 15.3. The molecule has 1 aromatic carbocycles. The van der Waals surface area contributed by atoms with Gasteiger partial charge in [-0.15, -0.1) is 0 Å². The maximum Gasteiger partial charge on any atom is 0.416 e. The lowest BCUT2D eigenvalue weighted by Gasteiger charge is -2.23. The fourth-order valence-corrected chi connectivity index (χ4v) is 2.80. The summed E-state index contributed by atoms with van der Waals surface area (Å²) < 4.78 is 39.7. The number of carboxylic acid groups (broad SMARTS) is 1. The molecule has 0 amide bonds. The summed E-state index contributed by atoms with van der Waals surface area (Å²) in [5.74, 6) is -1.33. The second-order valence-corrected chi connectivity index (χ2v) is 6.09. The van der Waals surface area contributed by atoms with Gasteiger partial charge < -0.3 is 5.11 Å². The van der Waals surface area contributed by atoms with E-state index in [9.17, 15) is 23.2 Å². The molecule has 0 aliphatic carbocycles. The first-order valence-electron chi connectivity index (χ1n) is 7.15. The van der Waals surface area contributed by atoms with Gasteiger partial charge in [-0.3, -0.25) is 4.84 Å². The number of benzene rings is 1. The Labute approximate surface area is 161 Å². The number of carboxylic acids is 1. The van der Waals surface area contributed by atoms with Gasteiger partial charge in [-0.1, -0.05) is 23.2 Å². The van der Waals surface area contributed by atoms with Gasteiger partial charge in [0.1, 0.15) is 17.3 Å². The lowest BCUT2D eigenvalue weighted by Crippen LogP contribution is -2.31. The van der Waals surface area contributed by atoms with E-state index in [2.05, 4.69) is 5.10 Å². The number of carbonyl (C=O) groups is 1. The number of hydrogen-bond donors (Lipinski definition) is 1. The molecule has 0 aliphatic rings. The van der Waals surface area contributed by atoms with Crippen molar-refractivity contribution in [2.75, 3.05) is 12.1 Å². The Morgan fingerprint density at radius 3 is 2.41 bits per heavy atom. The predicted octanol–water partition coefficient (Wildman–Crippen LogP) is 3.91. The van der Waals surface area contributed by atoms with Crippen LogP contribution in [0.2, 0.25) is 10.0 Å². The second-order valence-electron chi connectivity index (χ2n) is 5.28. The standard InChI is InChI=1S/C15H11Cl2F3N4O3/c1-7(14(25)26)27-23(2)13-8(5-21)6-22-24(13)12-10(16)3-9(4-11(12)17)15(18,19)20/h3-4,6-7H,1-2H3,(H,25,26). The van der Waals surface area contributed by atoms with E-state index in [1.165, 1.54) is 14.0 Å². The highest BCUT2D eigenvalue weighted by Crippen LogP contribution is 2.39. The molecule has 0 radical (unpaired) electrons. The Morgan fingerprint density at radius 2 is 1.96 bits per heavy atom. The van der Waals surface area contributed by atoms with Gasteiger partial charge in [-0.25, -0.2) is 14.5 Å². The quantitative estimate of drug-likeness (QED) is 0.734. The molecule has 0 saturated heterocycles. The molecule has 2 rings (SSSR count). The molecule has 1 unspecified atom stereocenters. The molecule has 144 valence electrons. The second kappa shape index (κ2) is 7.64. The highest BCUT2D eigenvalue weighted by atomic mass is 35.5. The molecule has 1 N–H and O–H groups in total. The van der Waals surface area contributed by atoms with E-state index < -0.39 is 23.8 Å². The number of rotatable bonds is 5. The fraction of sp³-hybridized carbons (Fsp3) is 0.267. The summed E-state index contributed by atoms with van der Waals surface area (Å²) in [5.41, 5.74) is -1.22. The molecule has 7 nitrogen and oxygen atoms in total. The van der Waals surface area contributed by atoms with Crippen LogP contribution in [0.15, 0.2) is 18.3 Å². The largest absolute Gasteiger partial charge is 0.479 e. The van der Waals surface area contributed by atoms with Crippen LogP contribution in [0.5, 0.6) is 0 Å². The van der Waals surface area contributed by atoms with Crippen LogP contribution in [0.3, 0.4) is 0 Å². The number of nitrogens with zero attached hydrogens (tertiary/aromatic N) is 4. The van der Waals surface area contributed by atoms with E-state index in [4.69, 9.17) is 33.1 Å². The third-order valence-corrected chi connectivity index (χ3v) is 3.96. The van der Waals surface area contributed by atoms with Crippen LogP contribution >= 0.6 is 23.2 Å². The topological polar surface area (TPSA) is 91.4 Å². The minimum absolute atomic E-state index is 0.0397. The zero-order valence-electron chi connectivity index (χ0n) is 13.8. The summed E-state index contributed by atoms with van der Waals surface area (Å²) in [6.07, 6.45) is -4.82. The maximum absolute atomic E-state index is 12.9. The van der Waals surface area contributed by atoms with Gasteiger partial charge in [0.2, 0.25) is 0 Å². The van der Waals surface area contributed by atoms with Crippen molar-refractivity contribution < 1.29 is 27.9 Å². The molecule has 12 heteroatoms. The van der Waals surface area contributed by atoms with Crippen molar-refractivity contribution in [2.24, 2.45) is 0 Å². The summed E-state index contributed by atoms with van der Waals surface area (Å²) >= 11 is 12.0. The Hall–Kier alpha value is -2.48. The average Bonchev–Trinajstić information content (AvgIpc) is 2.96. The SMILES string of the molecule is CC(ON(C)c1c(C#N)cnn1-c1c(Cl)cc(C(F)(F)F)cc1Cl)C(=O)O. The average molecular weight is 423 g/mol. The molecular formula is C15H11Cl2F3N4O3. The molecule has 1 atom stereocenters. The molecular weight excluding hydrogens is 412 g/mol. The van der Waals surface area contributed by atoms with Crippen LogP contribution in [-0.2, 0) is 15.8 Å². The van der Waals surface area contributed by atoms with Crippen molar-refractivity contribution in [3.8, 4) is 11.8 Å². The Bertz CT molecular complexity index is 901. The molecule has 0 aliphatic heterocycles. The third kappa shape index (κ3) is 4.27. The summed E-state index contributed by atoms with van der Waals surface area (Å²) in [4.78, 5) is 16.1. The summed E-state index contributed by atoms with van der Waals surface area (Å²) in [5, 5.41) is 22.3. The number of hydroxylamine groups is 1. The Kier molecular flexibility index (Phi) is 5.89. The van der Waals surface area contributed by atoms with Crippen LogP contribution in [-0.4, -0.2) is 34.0 Å². The van der Waals surface area contributed by atoms with Crippen molar-refractivity contribution in [2.45, 2.75) is 19.2 Å². The number of halogens is 5. The van der Waals surface area contributed by atoms with E-state index in [-0.39, 0.29) is 27.1 Å². The normalized spacial score (nSPS) is 12.5. The van der Waals surface area contributed by atoms with Gasteiger partial charge in [-0.2, -0.15) is 23.5 Å².